The molecule has 0 saturated carbocycles. The molecule has 100 valence electrons. The largest absolute Gasteiger partial charge is 0.388 e. The molecule has 2 amide bonds. The second kappa shape index (κ2) is 4.66. The zero-order chi connectivity index (χ0) is 13.4. The minimum Gasteiger partial charge on any atom is -0.388 e. The molecule has 19 heavy (non-hydrogen) atoms. The van der Waals surface area contributed by atoms with Gasteiger partial charge in [0.25, 0.3) is 11.8 Å². The van der Waals surface area contributed by atoms with E-state index in [0.29, 0.717) is 17.7 Å². The van der Waals surface area contributed by atoms with Gasteiger partial charge in [-0.05, 0) is 31.0 Å². The normalized spacial score (nSPS) is 21.9. The maximum atomic E-state index is 12.3. The highest BCUT2D eigenvalue weighted by Crippen LogP contribution is 2.27. The van der Waals surface area contributed by atoms with Crippen molar-refractivity contribution in [2.45, 2.75) is 18.9 Å². The number of carbonyl (C=O) groups is 2. The van der Waals surface area contributed by atoms with Crippen LogP contribution in [0.1, 0.15) is 33.6 Å². The van der Waals surface area contributed by atoms with Crippen LogP contribution in [0.2, 0.25) is 0 Å². The van der Waals surface area contributed by atoms with E-state index in [2.05, 4.69) is 5.32 Å². The average molecular weight is 260 g/mol. The summed E-state index contributed by atoms with van der Waals surface area (Å²) in [6, 6.07) is 5.24. The number of amides is 2. The Labute approximate surface area is 111 Å². The molecule has 1 N–H and O–H groups in total. The lowest BCUT2D eigenvalue weighted by molar-refractivity contribution is 0.0475. The highest BCUT2D eigenvalue weighted by molar-refractivity contribution is 6.21. The maximum Gasteiger partial charge on any atom is 0.261 e. The summed E-state index contributed by atoms with van der Waals surface area (Å²) in [4.78, 5) is 25.8. The van der Waals surface area contributed by atoms with Gasteiger partial charge in [0, 0.05) is 19.3 Å². The topological polar surface area (TPSA) is 58.6 Å². The fraction of sp³-hybridized carbons (Fsp3) is 0.429. The van der Waals surface area contributed by atoms with E-state index in [1.54, 1.807) is 25.2 Å². The first-order valence-electron chi connectivity index (χ1n) is 6.50. The third-order valence-electron chi connectivity index (χ3n) is 3.67. The summed E-state index contributed by atoms with van der Waals surface area (Å²) in [5, 5.41) is 2.97. The molecule has 0 spiro atoms. The number of rotatable bonds is 3. The monoisotopic (exact) mass is 260 g/mol. The van der Waals surface area contributed by atoms with Crippen LogP contribution in [0.4, 0.5) is 5.69 Å². The molecule has 1 fully saturated rings. The smallest absolute Gasteiger partial charge is 0.261 e. The minimum absolute atomic E-state index is 0.00835. The number of nitrogens with one attached hydrogen (secondary N) is 1. The van der Waals surface area contributed by atoms with Gasteiger partial charge in [0.15, 0.2) is 0 Å². The summed E-state index contributed by atoms with van der Waals surface area (Å²) in [7, 11) is 1.78. The summed E-state index contributed by atoms with van der Waals surface area (Å²) in [6.07, 6.45) is 1.90. The second-order valence-electron chi connectivity index (χ2n) is 4.87. The Morgan fingerprint density at radius 2 is 2.11 bits per heavy atom. The van der Waals surface area contributed by atoms with Gasteiger partial charge in [-0.1, -0.05) is 0 Å². The highest BCUT2D eigenvalue weighted by atomic mass is 16.5. The fourth-order valence-corrected chi connectivity index (χ4v) is 2.60. The second-order valence-corrected chi connectivity index (χ2v) is 4.87. The van der Waals surface area contributed by atoms with E-state index in [1.165, 1.54) is 4.90 Å². The van der Waals surface area contributed by atoms with Crippen LogP contribution in [0, 0.1) is 0 Å². The molecular weight excluding hydrogens is 244 g/mol. The van der Waals surface area contributed by atoms with Gasteiger partial charge >= 0.3 is 0 Å². The van der Waals surface area contributed by atoms with Gasteiger partial charge in [-0.15, -0.1) is 0 Å². The number of carbonyl (C=O) groups excluding carboxylic acids is 2. The Morgan fingerprint density at radius 1 is 1.32 bits per heavy atom. The van der Waals surface area contributed by atoms with Crippen LogP contribution in [0.3, 0.4) is 0 Å². The molecule has 2 heterocycles. The Kier molecular flexibility index (Phi) is 2.98. The minimum atomic E-state index is -0.215. The average Bonchev–Trinajstić information content (AvgIpc) is 3.02. The van der Waals surface area contributed by atoms with Crippen LogP contribution in [0.25, 0.3) is 0 Å². The van der Waals surface area contributed by atoms with E-state index in [1.807, 2.05) is 0 Å². The summed E-state index contributed by atoms with van der Waals surface area (Å²) >= 11 is 0. The Hall–Kier alpha value is -1.88. The lowest BCUT2D eigenvalue weighted by Gasteiger charge is -2.17. The molecule has 1 saturated heterocycles. The zero-order valence-corrected chi connectivity index (χ0v) is 10.8. The molecule has 3 rings (SSSR count). The zero-order valence-electron chi connectivity index (χ0n) is 10.8. The predicted octanol–water partition coefficient (Wildman–Crippen LogP) is 1.50. The lowest BCUT2D eigenvalue weighted by Crippen LogP contribution is -2.36. The van der Waals surface area contributed by atoms with Crippen molar-refractivity contribution in [1.82, 2.24) is 4.90 Å². The number of anilines is 1. The number of ether oxygens (including phenoxy) is 1. The predicted molar refractivity (Wildman–Crippen MR) is 70.3 cm³/mol. The van der Waals surface area contributed by atoms with E-state index < -0.39 is 0 Å². The van der Waals surface area contributed by atoms with Gasteiger partial charge in [-0.2, -0.15) is 0 Å². The molecule has 5 nitrogen and oxygen atoms in total. The van der Waals surface area contributed by atoms with Crippen molar-refractivity contribution in [2.75, 3.05) is 25.5 Å². The SMILES string of the molecule is CNc1ccc2c(c1)C(=O)N(CC1CCCO1)C2=O. The Balaban J connectivity index is 1.86. The van der Waals surface area contributed by atoms with Crippen LogP contribution in [-0.2, 0) is 4.74 Å². The summed E-state index contributed by atoms with van der Waals surface area (Å²) in [5.41, 5.74) is 1.80. The standard InChI is InChI=1S/C14H16N2O3/c1-15-9-4-5-11-12(7-9)14(18)16(13(11)17)8-10-3-2-6-19-10/h4-5,7,10,15H,2-3,6,8H2,1H3. The molecule has 1 unspecified atom stereocenters. The number of hydrogen-bond donors (Lipinski definition) is 1. The number of imide groups is 1. The van der Waals surface area contributed by atoms with Crippen molar-refractivity contribution in [3.05, 3.63) is 29.3 Å². The van der Waals surface area contributed by atoms with Crippen molar-refractivity contribution in [3.63, 3.8) is 0 Å². The molecule has 1 aromatic carbocycles. The van der Waals surface area contributed by atoms with Gasteiger partial charge in [0.1, 0.15) is 0 Å². The quantitative estimate of drug-likeness (QED) is 0.837. The van der Waals surface area contributed by atoms with Crippen LogP contribution in [0.5, 0.6) is 0 Å². The van der Waals surface area contributed by atoms with E-state index in [0.717, 1.165) is 25.1 Å². The first kappa shape index (κ1) is 12.2. The van der Waals surface area contributed by atoms with Crippen LogP contribution in [-0.4, -0.2) is 43.0 Å². The number of nitrogens with zero attached hydrogens (tertiary/aromatic N) is 1. The molecule has 2 aliphatic heterocycles. The number of hydrogen-bond acceptors (Lipinski definition) is 4. The van der Waals surface area contributed by atoms with Crippen molar-refractivity contribution >= 4 is 17.5 Å². The van der Waals surface area contributed by atoms with E-state index in [9.17, 15) is 9.59 Å². The third kappa shape index (κ3) is 2.00. The van der Waals surface area contributed by atoms with Gasteiger partial charge in [-0.3, -0.25) is 14.5 Å². The number of benzene rings is 1. The molecule has 5 heteroatoms. The molecular formula is C14H16N2O3. The molecule has 1 atom stereocenters. The lowest BCUT2D eigenvalue weighted by atomic mass is 10.1. The van der Waals surface area contributed by atoms with Crippen LogP contribution in [0.15, 0.2) is 18.2 Å². The maximum absolute atomic E-state index is 12.3. The Bertz CT molecular complexity index is 535. The van der Waals surface area contributed by atoms with Gasteiger partial charge < -0.3 is 10.1 Å². The van der Waals surface area contributed by atoms with E-state index in [-0.39, 0.29) is 17.9 Å². The van der Waals surface area contributed by atoms with Crippen molar-refractivity contribution in [1.29, 1.82) is 0 Å². The molecule has 0 radical (unpaired) electrons. The van der Waals surface area contributed by atoms with Gasteiger partial charge in [0.2, 0.25) is 0 Å². The summed E-state index contributed by atoms with van der Waals surface area (Å²) in [6.45, 7) is 1.08. The van der Waals surface area contributed by atoms with E-state index in [4.69, 9.17) is 4.74 Å². The van der Waals surface area contributed by atoms with Crippen molar-refractivity contribution in [2.24, 2.45) is 0 Å². The van der Waals surface area contributed by atoms with Gasteiger partial charge in [0.05, 0.1) is 23.8 Å². The van der Waals surface area contributed by atoms with Crippen LogP contribution >= 0.6 is 0 Å². The molecule has 0 bridgehead atoms. The summed E-state index contributed by atoms with van der Waals surface area (Å²) < 4.78 is 5.50. The summed E-state index contributed by atoms with van der Waals surface area (Å²) in [5.74, 6) is -0.425. The van der Waals surface area contributed by atoms with Crippen molar-refractivity contribution < 1.29 is 14.3 Å². The van der Waals surface area contributed by atoms with Crippen LogP contribution < -0.4 is 5.32 Å². The van der Waals surface area contributed by atoms with E-state index >= 15 is 0 Å². The third-order valence-corrected chi connectivity index (χ3v) is 3.67. The Morgan fingerprint density at radius 3 is 2.79 bits per heavy atom. The fourth-order valence-electron chi connectivity index (χ4n) is 2.60. The van der Waals surface area contributed by atoms with Gasteiger partial charge in [-0.25, -0.2) is 0 Å². The molecule has 1 aromatic rings. The molecule has 0 aromatic heterocycles. The first-order chi connectivity index (χ1) is 9.20. The number of fused-ring (bicyclic) bond motifs is 1. The molecule has 0 aliphatic carbocycles. The van der Waals surface area contributed by atoms with Crippen molar-refractivity contribution in [3.8, 4) is 0 Å². The first-order valence-corrected chi connectivity index (χ1v) is 6.50. The highest BCUT2D eigenvalue weighted by Gasteiger charge is 2.37. The molecule has 2 aliphatic rings.